The molecule has 0 aliphatic rings. The van der Waals surface area contributed by atoms with E-state index in [1.54, 1.807) is 6.20 Å². The summed E-state index contributed by atoms with van der Waals surface area (Å²) in [6.07, 6.45) is 2.00. The van der Waals surface area contributed by atoms with Gasteiger partial charge < -0.3 is 0 Å². The van der Waals surface area contributed by atoms with Crippen LogP contribution in [-0.2, 0) is 6.42 Å². The van der Waals surface area contributed by atoms with Crippen LogP contribution in [-0.4, -0.2) is 9.97 Å². The molecule has 0 radical (unpaired) electrons. The van der Waals surface area contributed by atoms with Crippen molar-refractivity contribution in [3.63, 3.8) is 0 Å². The van der Waals surface area contributed by atoms with E-state index in [1.807, 2.05) is 12.1 Å². The molecule has 0 aromatic carbocycles. The summed E-state index contributed by atoms with van der Waals surface area (Å²) < 4.78 is 0. The van der Waals surface area contributed by atoms with Crippen LogP contribution in [0.3, 0.4) is 0 Å². The number of aromatic nitrogens is 2. The third-order valence-electron chi connectivity index (χ3n) is 1.56. The van der Waals surface area contributed by atoms with Crippen molar-refractivity contribution in [2.24, 2.45) is 0 Å². The van der Waals surface area contributed by atoms with E-state index in [1.165, 1.54) is 0 Å². The van der Waals surface area contributed by atoms with Crippen LogP contribution >= 0.6 is 0 Å². The van der Waals surface area contributed by atoms with Gasteiger partial charge in [0.2, 0.25) is 0 Å². The van der Waals surface area contributed by atoms with Crippen LogP contribution in [0.15, 0.2) is 12.3 Å². The van der Waals surface area contributed by atoms with Crippen LogP contribution in [0.25, 0.3) is 0 Å². The van der Waals surface area contributed by atoms with Crippen LogP contribution in [0.5, 0.6) is 0 Å². The monoisotopic (exact) mass is 161 g/mol. The van der Waals surface area contributed by atoms with Crippen molar-refractivity contribution in [1.82, 2.24) is 9.97 Å². The van der Waals surface area contributed by atoms with Crippen LogP contribution < -0.4 is 0 Å². The lowest BCUT2D eigenvalue weighted by Crippen LogP contribution is -1.99. The Balaban J connectivity index is 2.90. The van der Waals surface area contributed by atoms with Crippen molar-refractivity contribution in [3.8, 4) is 6.07 Å². The van der Waals surface area contributed by atoms with Gasteiger partial charge in [-0.1, -0.05) is 13.8 Å². The lowest BCUT2D eigenvalue weighted by molar-refractivity contribution is 0.795. The molecule has 1 aromatic rings. The molecule has 0 unspecified atom stereocenters. The summed E-state index contributed by atoms with van der Waals surface area (Å²) in [6, 6.07) is 3.91. The van der Waals surface area contributed by atoms with Gasteiger partial charge in [0.25, 0.3) is 0 Å². The zero-order chi connectivity index (χ0) is 8.97. The first-order chi connectivity index (χ1) is 5.74. The molecule has 0 N–H and O–H groups in total. The molecule has 0 fully saturated rings. The molecule has 1 heterocycles. The van der Waals surface area contributed by atoms with Gasteiger partial charge in [-0.25, -0.2) is 9.97 Å². The summed E-state index contributed by atoms with van der Waals surface area (Å²) in [4.78, 5) is 8.21. The number of rotatable bonds is 2. The van der Waals surface area contributed by atoms with Crippen molar-refractivity contribution in [2.45, 2.75) is 26.2 Å². The molecule has 1 rings (SSSR count). The van der Waals surface area contributed by atoms with Gasteiger partial charge in [0.15, 0.2) is 0 Å². The standard InChI is InChI=1S/C9H11N3/c1-7(2)8-4-6-11-9(12-8)3-5-10/h4,6-7H,3H2,1-2H3. The highest BCUT2D eigenvalue weighted by atomic mass is 14.9. The van der Waals surface area contributed by atoms with Crippen LogP contribution in [0.4, 0.5) is 0 Å². The molecule has 0 atom stereocenters. The van der Waals surface area contributed by atoms with E-state index in [-0.39, 0.29) is 0 Å². The zero-order valence-corrected chi connectivity index (χ0v) is 7.28. The molecule has 3 nitrogen and oxygen atoms in total. The average molecular weight is 161 g/mol. The molecule has 62 valence electrons. The number of nitriles is 1. The largest absolute Gasteiger partial charge is 0.240 e. The maximum atomic E-state index is 8.42. The molecule has 1 aromatic heterocycles. The third-order valence-corrected chi connectivity index (χ3v) is 1.56. The van der Waals surface area contributed by atoms with Crippen LogP contribution in [0.1, 0.15) is 31.3 Å². The Bertz CT molecular complexity index is 299. The zero-order valence-electron chi connectivity index (χ0n) is 7.28. The predicted molar refractivity (Wildman–Crippen MR) is 45.4 cm³/mol. The number of hydrogen-bond donors (Lipinski definition) is 0. The van der Waals surface area contributed by atoms with Gasteiger partial charge in [0.05, 0.1) is 12.5 Å². The highest BCUT2D eigenvalue weighted by Crippen LogP contribution is 2.09. The quantitative estimate of drug-likeness (QED) is 0.662. The minimum absolute atomic E-state index is 0.292. The normalized spacial score (nSPS) is 9.83. The summed E-state index contributed by atoms with van der Waals surface area (Å²) in [5, 5.41) is 8.42. The van der Waals surface area contributed by atoms with Gasteiger partial charge in [-0.05, 0) is 12.0 Å². The van der Waals surface area contributed by atoms with E-state index < -0.39 is 0 Å². The topological polar surface area (TPSA) is 49.6 Å². The summed E-state index contributed by atoms with van der Waals surface area (Å²) in [5.74, 6) is 1.01. The fourth-order valence-corrected chi connectivity index (χ4v) is 0.892. The van der Waals surface area contributed by atoms with Crippen LogP contribution in [0, 0.1) is 11.3 Å². The van der Waals surface area contributed by atoms with Crippen molar-refractivity contribution in [2.75, 3.05) is 0 Å². The predicted octanol–water partition coefficient (Wildman–Crippen LogP) is 1.67. The first kappa shape index (κ1) is 8.66. The molecular formula is C9H11N3. The second-order valence-corrected chi connectivity index (χ2v) is 2.89. The first-order valence-electron chi connectivity index (χ1n) is 3.93. The van der Waals surface area contributed by atoms with Gasteiger partial charge in [0.1, 0.15) is 5.82 Å². The highest BCUT2D eigenvalue weighted by Gasteiger charge is 2.01. The minimum Gasteiger partial charge on any atom is -0.240 e. The van der Waals surface area contributed by atoms with Gasteiger partial charge >= 0.3 is 0 Å². The van der Waals surface area contributed by atoms with E-state index in [0.717, 1.165) is 5.69 Å². The molecule has 0 saturated heterocycles. The lowest BCUT2D eigenvalue weighted by atomic mass is 10.1. The Labute approximate surface area is 72.1 Å². The maximum absolute atomic E-state index is 8.42. The Morgan fingerprint density at radius 3 is 2.92 bits per heavy atom. The Hall–Kier alpha value is -1.43. The molecule has 0 aliphatic heterocycles. The molecule has 12 heavy (non-hydrogen) atoms. The molecule has 0 spiro atoms. The second kappa shape index (κ2) is 3.82. The fraction of sp³-hybridized carbons (Fsp3) is 0.444. The van der Waals surface area contributed by atoms with Crippen molar-refractivity contribution in [1.29, 1.82) is 5.26 Å². The summed E-state index contributed by atoms with van der Waals surface area (Å²) >= 11 is 0. The third kappa shape index (κ3) is 2.03. The Morgan fingerprint density at radius 1 is 1.58 bits per heavy atom. The van der Waals surface area contributed by atoms with Gasteiger partial charge in [0, 0.05) is 11.9 Å². The maximum Gasteiger partial charge on any atom is 0.142 e. The smallest absolute Gasteiger partial charge is 0.142 e. The minimum atomic E-state index is 0.292. The molecule has 0 bridgehead atoms. The van der Waals surface area contributed by atoms with Gasteiger partial charge in [-0.2, -0.15) is 5.26 Å². The van der Waals surface area contributed by atoms with E-state index in [4.69, 9.17) is 5.26 Å². The van der Waals surface area contributed by atoms with Gasteiger partial charge in [-0.3, -0.25) is 0 Å². The van der Waals surface area contributed by atoms with Crippen LogP contribution in [0.2, 0.25) is 0 Å². The molecule has 3 heteroatoms. The van der Waals surface area contributed by atoms with E-state index >= 15 is 0 Å². The molecule has 0 amide bonds. The molecular weight excluding hydrogens is 150 g/mol. The average Bonchev–Trinajstić information content (AvgIpc) is 2.05. The Morgan fingerprint density at radius 2 is 2.33 bits per heavy atom. The summed E-state index contributed by atoms with van der Waals surface area (Å²) in [5.41, 5.74) is 0.996. The van der Waals surface area contributed by atoms with Crippen molar-refractivity contribution < 1.29 is 0 Å². The molecule has 0 saturated carbocycles. The SMILES string of the molecule is CC(C)c1ccnc(CC#N)n1. The van der Waals surface area contributed by atoms with E-state index in [2.05, 4.69) is 23.8 Å². The molecule has 0 aliphatic carbocycles. The summed E-state index contributed by atoms with van der Waals surface area (Å²) in [6.45, 7) is 4.14. The summed E-state index contributed by atoms with van der Waals surface area (Å²) in [7, 11) is 0. The number of nitrogens with zero attached hydrogens (tertiary/aromatic N) is 3. The van der Waals surface area contributed by atoms with Gasteiger partial charge in [-0.15, -0.1) is 0 Å². The highest BCUT2D eigenvalue weighted by molar-refractivity contribution is 5.08. The Kier molecular flexibility index (Phi) is 2.76. The second-order valence-electron chi connectivity index (χ2n) is 2.89. The van der Waals surface area contributed by atoms with E-state index in [9.17, 15) is 0 Å². The fourth-order valence-electron chi connectivity index (χ4n) is 0.892. The van der Waals surface area contributed by atoms with E-state index in [0.29, 0.717) is 18.2 Å². The lowest BCUT2D eigenvalue weighted by Gasteiger charge is -2.03. The first-order valence-corrected chi connectivity index (χ1v) is 3.93. The van der Waals surface area contributed by atoms with Crippen molar-refractivity contribution >= 4 is 0 Å². The number of hydrogen-bond acceptors (Lipinski definition) is 3. The van der Waals surface area contributed by atoms with Crippen molar-refractivity contribution in [3.05, 3.63) is 23.8 Å².